The third-order valence-electron chi connectivity index (χ3n) is 2.28. The van der Waals surface area contributed by atoms with E-state index in [1.165, 1.54) is 11.1 Å². The van der Waals surface area contributed by atoms with Crippen LogP contribution >= 0.6 is 0 Å². The number of hydrogen-bond acceptors (Lipinski definition) is 2. The topological polar surface area (TPSA) is 29.5 Å². The van der Waals surface area contributed by atoms with Crippen LogP contribution in [0.25, 0.3) is 0 Å². The van der Waals surface area contributed by atoms with E-state index in [1.807, 2.05) is 0 Å². The minimum absolute atomic E-state index is 0.0706. The summed E-state index contributed by atoms with van der Waals surface area (Å²) in [6.45, 7) is 4.67. The Hall–Kier alpha value is -1.02. The zero-order valence-electron chi connectivity index (χ0n) is 8.92. The molecule has 0 atom stereocenters. The molecule has 0 spiro atoms. The highest BCUT2D eigenvalue weighted by Gasteiger charge is 2.06. The summed E-state index contributed by atoms with van der Waals surface area (Å²) in [6.07, 6.45) is 1.93. The lowest BCUT2D eigenvalue weighted by Crippen LogP contribution is -2.05. The van der Waals surface area contributed by atoms with Gasteiger partial charge in [0.25, 0.3) is 0 Å². The molecule has 1 N–H and O–H groups in total. The van der Waals surface area contributed by atoms with Crippen LogP contribution in [0.15, 0.2) is 18.2 Å². The number of rotatable bonds is 5. The van der Waals surface area contributed by atoms with Crippen molar-refractivity contribution in [1.29, 1.82) is 0 Å². The van der Waals surface area contributed by atoms with Crippen molar-refractivity contribution in [2.45, 2.75) is 26.7 Å². The van der Waals surface area contributed by atoms with Gasteiger partial charge >= 0.3 is 0 Å². The van der Waals surface area contributed by atoms with Gasteiger partial charge in [0.15, 0.2) is 0 Å². The summed E-state index contributed by atoms with van der Waals surface area (Å²) >= 11 is 0. The van der Waals surface area contributed by atoms with E-state index >= 15 is 0 Å². The van der Waals surface area contributed by atoms with Crippen LogP contribution in [0.3, 0.4) is 0 Å². The van der Waals surface area contributed by atoms with Crippen molar-refractivity contribution in [2.75, 3.05) is 13.2 Å². The van der Waals surface area contributed by atoms with E-state index in [-0.39, 0.29) is 6.61 Å². The molecule has 0 aliphatic carbocycles. The van der Waals surface area contributed by atoms with Crippen LogP contribution in [0.2, 0.25) is 0 Å². The van der Waals surface area contributed by atoms with Crippen LogP contribution in [0.1, 0.15) is 25.0 Å². The Bertz CT molecular complexity index is 259. The molecular formula is C12H18O2. The number of benzene rings is 1. The fourth-order valence-electron chi connectivity index (χ4n) is 1.53. The maximum Gasteiger partial charge on any atom is 0.125 e. The molecule has 1 rings (SSSR count). The van der Waals surface area contributed by atoms with E-state index in [9.17, 15) is 0 Å². The second kappa shape index (κ2) is 5.66. The van der Waals surface area contributed by atoms with Crippen LogP contribution in [0.5, 0.6) is 5.75 Å². The molecule has 0 bridgehead atoms. The van der Waals surface area contributed by atoms with Gasteiger partial charge in [-0.2, -0.15) is 0 Å². The van der Waals surface area contributed by atoms with E-state index in [0.29, 0.717) is 6.61 Å². The quantitative estimate of drug-likeness (QED) is 0.778. The smallest absolute Gasteiger partial charge is 0.125 e. The Morgan fingerprint density at radius 3 is 2.14 bits per heavy atom. The molecule has 0 aromatic heterocycles. The van der Waals surface area contributed by atoms with Crippen LogP contribution in [-0.2, 0) is 12.8 Å². The van der Waals surface area contributed by atoms with Crippen molar-refractivity contribution >= 4 is 0 Å². The highest BCUT2D eigenvalue weighted by atomic mass is 16.5. The molecule has 0 saturated carbocycles. The minimum atomic E-state index is 0.0706. The zero-order valence-corrected chi connectivity index (χ0v) is 8.92. The summed E-state index contributed by atoms with van der Waals surface area (Å²) in [5.74, 6) is 0.964. The Morgan fingerprint density at radius 1 is 1.14 bits per heavy atom. The Labute approximate surface area is 85.5 Å². The maximum atomic E-state index is 8.73. The fourth-order valence-corrected chi connectivity index (χ4v) is 1.53. The standard InChI is InChI=1S/C12H18O2/c1-3-10-6-5-7-11(4-2)12(10)14-9-8-13/h5-7,13H,3-4,8-9H2,1-2H3. The van der Waals surface area contributed by atoms with Crippen molar-refractivity contribution in [3.8, 4) is 5.75 Å². The molecule has 1 aromatic carbocycles. The van der Waals surface area contributed by atoms with Gasteiger partial charge in [0, 0.05) is 0 Å². The van der Waals surface area contributed by atoms with Crippen LogP contribution < -0.4 is 4.74 Å². The lowest BCUT2D eigenvalue weighted by molar-refractivity contribution is 0.199. The van der Waals surface area contributed by atoms with Crippen LogP contribution in [0, 0.1) is 0 Å². The Morgan fingerprint density at radius 2 is 1.71 bits per heavy atom. The summed E-state index contributed by atoms with van der Waals surface area (Å²) in [7, 11) is 0. The second-order valence-electron chi connectivity index (χ2n) is 3.18. The summed E-state index contributed by atoms with van der Waals surface area (Å²) in [5.41, 5.74) is 2.44. The molecule has 78 valence electrons. The highest BCUT2D eigenvalue weighted by molar-refractivity contribution is 5.41. The normalized spacial score (nSPS) is 10.2. The van der Waals surface area contributed by atoms with E-state index in [4.69, 9.17) is 9.84 Å². The Balaban J connectivity index is 2.93. The molecule has 1 aromatic rings. The van der Waals surface area contributed by atoms with Crippen molar-refractivity contribution in [1.82, 2.24) is 0 Å². The van der Waals surface area contributed by atoms with Gasteiger partial charge < -0.3 is 9.84 Å². The van der Waals surface area contributed by atoms with Crippen molar-refractivity contribution in [3.63, 3.8) is 0 Å². The van der Waals surface area contributed by atoms with Gasteiger partial charge in [0.1, 0.15) is 12.4 Å². The molecule has 0 amide bonds. The summed E-state index contributed by atoms with van der Waals surface area (Å²) in [6, 6.07) is 6.21. The van der Waals surface area contributed by atoms with Crippen molar-refractivity contribution in [3.05, 3.63) is 29.3 Å². The van der Waals surface area contributed by atoms with Gasteiger partial charge in [0.05, 0.1) is 6.61 Å². The SMILES string of the molecule is CCc1cccc(CC)c1OCCO. The third kappa shape index (κ3) is 2.48. The highest BCUT2D eigenvalue weighted by Crippen LogP contribution is 2.24. The first kappa shape index (κ1) is 11.1. The summed E-state index contributed by atoms with van der Waals surface area (Å²) in [4.78, 5) is 0. The van der Waals surface area contributed by atoms with E-state index in [1.54, 1.807) is 0 Å². The molecule has 0 aliphatic heterocycles. The van der Waals surface area contributed by atoms with Gasteiger partial charge in [-0.15, -0.1) is 0 Å². The monoisotopic (exact) mass is 194 g/mol. The average Bonchev–Trinajstić information content (AvgIpc) is 2.25. The number of aliphatic hydroxyl groups excluding tert-OH is 1. The van der Waals surface area contributed by atoms with Gasteiger partial charge in [-0.05, 0) is 24.0 Å². The van der Waals surface area contributed by atoms with Gasteiger partial charge in [-0.1, -0.05) is 32.0 Å². The first-order valence-electron chi connectivity index (χ1n) is 5.17. The molecule has 2 heteroatoms. The number of ether oxygens (including phenoxy) is 1. The zero-order chi connectivity index (χ0) is 10.4. The van der Waals surface area contributed by atoms with E-state index in [0.717, 1.165) is 18.6 Å². The largest absolute Gasteiger partial charge is 0.491 e. The molecule has 2 nitrogen and oxygen atoms in total. The molecule has 0 saturated heterocycles. The molecule has 0 fully saturated rings. The van der Waals surface area contributed by atoms with Gasteiger partial charge in [0.2, 0.25) is 0 Å². The number of aryl methyl sites for hydroxylation is 2. The second-order valence-corrected chi connectivity index (χ2v) is 3.18. The third-order valence-corrected chi connectivity index (χ3v) is 2.28. The fraction of sp³-hybridized carbons (Fsp3) is 0.500. The molecule has 0 heterocycles. The first-order valence-corrected chi connectivity index (χ1v) is 5.17. The van der Waals surface area contributed by atoms with Crippen molar-refractivity contribution < 1.29 is 9.84 Å². The molecule has 0 radical (unpaired) electrons. The summed E-state index contributed by atoms with van der Waals surface area (Å²) in [5, 5.41) is 8.73. The lowest BCUT2D eigenvalue weighted by Gasteiger charge is -2.13. The van der Waals surface area contributed by atoms with Crippen molar-refractivity contribution in [2.24, 2.45) is 0 Å². The van der Waals surface area contributed by atoms with Crippen LogP contribution in [0.4, 0.5) is 0 Å². The van der Waals surface area contributed by atoms with E-state index < -0.39 is 0 Å². The van der Waals surface area contributed by atoms with Gasteiger partial charge in [-0.25, -0.2) is 0 Å². The number of para-hydroxylation sites is 1. The number of aliphatic hydroxyl groups is 1. The average molecular weight is 194 g/mol. The predicted molar refractivity (Wildman–Crippen MR) is 57.8 cm³/mol. The summed E-state index contributed by atoms with van der Waals surface area (Å²) < 4.78 is 5.55. The van der Waals surface area contributed by atoms with E-state index in [2.05, 4.69) is 32.0 Å². The van der Waals surface area contributed by atoms with Gasteiger partial charge in [-0.3, -0.25) is 0 Å². The Kier molecular flexibility index (Phi) is 4.47. The maximum absolute atomic E-state index is 8.73. The predicted octanol–water partition coefficient (Wildman–Crippen LogP) is 2.18. The van der Waals surface area contributed by atoms with Crippen LogP contribution in [-0.4, -0.2) is 18.3 Å². The molecule has 14 heavy (non-hydrogen) atoms. The number of hydrogen-bond donors (Lipinski definition) is 1. The lowest BCUT2D eigenvalue weighted by atomic mass is 10.1. The molecular weight excluding hydrogens is 176 g/mol. The first-order chi connectivity index (χ1) is 6.83. The molecule has 0 unspecified atom stereocenters. The molecule has 0 aliphatic rings. The minimum Gasteiger partial charge on any atom is -0.491 e.